The second-order valence-corrected chi connectivity index (χ2v) is 14.2. The molecule has 1 N–H and O–H groups in total. The van der Waals surface area contributed by atoms with Crippen LogP contribution in [-0.2, 0) is 16.4 Å². The molecule has 1 aromatic carbocycles. The van der Waals surface area contributed by atoms with Gasteiger partial charge in [-0.15, -0.1) is 24.8 Å². The monoisotopic (exact) mass is 447 g/mol. The van der Waals surface area contributed by atoms with E-state index >= 15 is 0 Å². The van der Waals surface area contributed by atoms with Gasteiger partial charge in [0.15, 0.2) is 0 Å². The number of halogens is 2. The predicted molar refractivity (Wildman–Crippen MR) is 124 cm³/mol. The van der Waals surface area contributed by atoms with Crippen molar-refractivity contribution >= 4 is 36.0 Å². The topological polar surface area (TPSA) is 15.3 Å². The zero-order valence-electron chi connectivity index (χ0n) is 18.5. The molecule has 0 fully saturated rings. The summed E-state index contributed by atoms with van der Waals surface area (Å²) in [5.74, 6) is 0. The van der Waals surface area contributed by atoms with Crippen LogP contribution in [0.2, 0.25) is 0 Å². The average molecular weight is 448 g/mol. The minimum atomic E-state index is -2.95. The van der Waals surface area contributed by atoms with Gasteiger partial charge in [0.1, 0.15) is 0 Å². The Kier molecular flexibility index (Phi) is 9.92. The molecule has 0 aliphatic heterocycles. The quantitative estimate of drug-likeness (QED) is 0.583. The SMILES string of the molecule is Cl.Cl.[BH]=[Ti]([NH]C(C)(C)C)([CH]1C(C)=C(C)c2ccccc21)[N](C(C)C)C(C)C. The number of hydrogen-bond acceptors (Lipinski definition) is 2. The van der Waals surface area contributed by atoms with Crippen molar-refractivity contribution in [3.05, 3.63) is 41.0 Å². The summed E-state index contributed by atoms with van der Waals surface area (Å²) in [6.07, 6.45) is 0. The number of rotatable bonds is 5. The summed E-state index contributed by atoms with van der Waals surface area (Å²) >= 11 is -2.95. The van der Waals surface area contributed by atoms with Crippen LogP contribution in [0.3, 0.4) is 0 Å². The molecule has 1 aliphatic rings. The van der Waals surface area contributed by atoms with E-state index in [-0.39, 0.29) is 30.4 Å². The molecular formula is C21H38BCl2N2Ti. The number of allylic oxidation sites excluding steroid dienone is 2. The zero-order valence-corrected chi connectivity index (χ0v) is 21.7. The number of fused-ring (bicyclic) bond motifs is 1. The molecule has 2 rings (SSSR count). The molecule has 1 aromatic rings. The van der Waals surface area contributed by atoms with Crippen LogP contribution in [0, 0.1) is 0 Å². The first kappa shape index (κ1) is 27.2. The Morgan fingerprint density at radius 1 is 1.00 bits per heavy atom. The van der Waals surface area contributed by atoms with E-state index in [0.717, 1.165) is 0 Å². The third-order valence-corrected chi connectivity index (χ3v) is 12.9. The van der Waals surface area contributed by atoms with Crippen LogP contribution in [-0.4, -0.2) is 26.6 Å². The summed E-state index contributed by atoms with van der Waals surface area (Å²) in [7, 11) is 0. The molecule has 2 unspecified atom stereocenters. The first-order valence-corrected chi connectivity index (χ1v) is 13.1. The van der Waals surface area contributed by atoms with Crippen LogP contribution in [0.5, 0.6) is 0 Å². The zero-order chi connectivity index (χ0) is 19.2. The fraction of sp³-hybridized carbons (Fsp3) is 0.619. The Bertz CT molecular complexity index is 715. The number of hydrogen-bond donors (Lipinski definition) is 1. The van der Waals surface area contributed by atoms with E-state index in [0.29, 0.717) is 16.3 Å². The third kappa shape index (κ3) is 5.44. The summed E-state index contributed by atoms with van der Waals surface area (Å²) < 4.78 is 7.26. The Balaban J connectivity index is 0.00000338. The van der Waals surface area contributed by atoms with Gasteiger partial charge >= 0.3 is 160 Å². The molecule has 153 valence electrons. The molecule has 1 aliphatic carbocycles. The van der Waals surface area contributed by atoms with Gasteiger partial charge in [0.05, 0.1) is 0 Å². The molecule has 0 bridgehead atoms. The van der Waals surface area contributed by atoms with E-state index in [1.165, 1.54) is 22.3 Å². The molecule has 0 aromatic heterocycles. The minimum absolute atomic E-state index is 0. The molecular weight excluding hydrogens is 410 g/mol. The molecule has 2 atom stereocenters. The normalized spacial score (nSPS) is 19.0. The van der Waals surface area contributed by atoms with E-state index in [9.17, 15) is 0 Å². The fourth-order valence-electron chi connectivity index (χ4n) is 4.82. The summed E-state index contributed by atoms with van der Waals surface area (Å²) in [5.41, 5.74) is 10.9. The van der Waals surface area contributed by atoms with E-state index in [1.54, 1.807) is 0 Å². The van der Waals surface area contributed by atoms with Gasteiger partial charge in [-0.05, 0) is 0 Å². The van der Waals surface area contributed by atoms with Crippen molar-refractivity contribution in [3.8, 4) is 0 Å². The average Bonchev–Trinajstić information content (AvgIpc) is 2.68. The second-order valence-electron chi connectivity index (χ2n) is 9.22. The van der Waals surface area contributed by atoms with Crippen LogP contribution in [0.4, 0.5) is 0 Å². The molecule has 2 nitrogen and oxygen atoms in total. The molecule has 0 heterocycles. The van der Waals surface area contributed by atoms with Crippen molar-refractivity contribution in [1.82, 2.24) is 7.18 Å². The van der Waals surface area contributed by atoms with Crippen LogP contribution in [0.25, 0.3) is 5.57 Å². The van der Waals surface area contributed by atoms with Gasteiger partial charge in [-0.3, -0.25) is 0 Å². The molecule has 6 heteroatoms. The second kappa shape index (κ2) is 9.83. The van der Waals surface area contributed by atoms with Gasteiger partial charge < -0.3 is 0 Å². The van der Waals surface area contributed by atoms with Crippen molar-refractivity contribution in [1.29, 1.82) is 0 Å². The van der Waals surface area contributed by atoms with Crippen molar-refractivity contribution < 1.29 is 16.4 Å². The van der Waals surface area contributed by atoms with Gasteiger partial charge in [-0.2, -0.15) is 0 Å². The first-order chi connectivity index (χ1) is 11.4. The summed E-state index contributed by atoms with van der Waals surface area (Å²) in [6, 6.07) is 9.92. The number of nitrogens with one attached hydrogen (secondary N) is 1. The Labute approximate surface area is 184 Å². The molecule has 0 saturated carbocycles. The van der Waals surface area contributed by atoms with Crippen LogP contribution in [0.1, 0.15) is 77.7 Å². The van der Waals surface area contributed by atoms with Crippen molar-refractivity contribution in [2.24, 2.45) is 0 Å². The molecule has 0 spiro atoms. The fourth-order valence-corrected chi connectivity index (χ4v) is 13.3. The first-order valence-electron chi connectivity index (χ1n) is 9.60. The summed E-state index contributed by atoms with van der Waals surface area (Å²) in [4.78, 5) is 0. The third-order valence-electron chi connectivity index (χ3n) is 5.34. The maximum absolute atomic E-state index is 5.03. The van der Waals surface area contributed by atoms with Gasteiger partial charge in [0.25, 0.3) is 0 Å². The molecule has 27 heavy (non-hydrogen) atoms. The van der Waals surface area contributed by atoms with E-state index in [2.05, 4.69) is 93.8 Å². The van der Waals surface area contributed by atoms with Gasteiger partial charge in [-0.25, -0.2) is 0 Å². The summed E-state index contributed by atoms with van der Waals surface area (Å²) in [6.45, 7) is 20.7. The number of nitrogens with zero attached hydrogens (tertiary/aromatic N) is 1. The van der Waals surface area contributed by atoms with Crippen molar-refractivity contribution in [3.63, 3.8) is 0 Å². The molecule has 0 amide bonds. The van der Waals surface area contributed by atoms with E-state index < -0.39 is 16.4 Å². The Hall–Kier alpha value is 0.239. The standard InChI is InChI=1S/C11H11.C6H14N.C4H10N.BH.2ClH.Ti/c1-8-7-10-5-3-4-6-11(10)9(8)2;1-5(2)7-6(3)4;1-4(2,3)5;;;;/h3-7H,1-2H3;5-6H,1-4H3;5H,1-3H3;3*1H;/q;2*-1;;;;+2. The van der Waals surface area contributed by atoms with Gasteiger partial charge in [0.2, 0.25) is 0 Å². The van der Waals surface area contributed by atoms with Crippen molar-refractivity contribution in [2.75, 3.05) is 0 Å². The van der Waals surface area contributed by atoms with Crippen LogP contribution >= 0.6 is 24.8 Å². The van der Waals surface area contributed by atoms with Crippen LogP contribution in [0.15, 0.2) is 29.8 Å². The van der Waals surface area contributed by atoms with Crippen LogP contribution < -0.4 is 3.80 Å². The van der Waals surface area contributed by atoms with Gasteiger partial charge in [0, 0.05) is 0 Å². The van der Waals surface area contributed by atoms with E-state index in [1.807, 2.05) is 0 Å². The van der Waals surface area contributed by atoms with Gasteiger partial charge in [-0.1, -0.05) is 0 Å². The Morgan fingerprint density at radius 2 is 1.48 bits per heavy atom. The Morgan fingerprint density at radius 3 is 1.93 bits per heavy atom. The summed E-state index contributed by atoms with van der Waals surface area (Å²) in [5, 5.41) is 0. The van der Waals surface area contributed by atoms with Crippen molar-refractivity contribution in [2.45, 2.75) is 84.2 Å². The number of benzene rings is 1. The maximum atomic E-state index is 5.03. The molecule has 0 saturated heterocycles. The predicted octanol–water partition coefficient (Wildman–Crippen LogP) is 5.68. The van der Waals surface area contributed by atoms with E-state index in [4.69, 9.17) is 5.59 Å². The molecule has 0 radical (unpaired) electrons.